The zero-order valence-electron chi connectivity index (χ0n) is 14.5. The van der Waals surface area contributed by atoms with Gasteiger partial charge in [0.2, 0.25) is 0 Å². The normalized spacial score (nSPS) is 16.5. The van der Waals surface area contributed by atoms with Gasteiger partial charge in [-0.1, -0.05) is 12.1 Å². The summed E-state index contributed by atoms with van der Waals surface area (Å²) in [4.78, 5) is 24.5. The predicted molar refractivity (Wildman–Crippen MR) is 97.9 cm³/mol. The smallest absolute Gasteiger partial charge is 0.255 e. The highest BCUT2D eigenvalue weighted by Gasteiger charge is 2.23. The Hall–Kier alpha value is -2.66. The molecule has 5 heteroatoms. The third-order valence-corrected chi connectivity index (χ3v) is 4.48. The van der Waals surface area contributed by atoms with E-state index in [1.165, 1.54) is 0 Å². The lowest BCUT2D eigenvalue weighted by Gasteiger charge is -2.12. The molecule has 2 aromatic rings. The maximum absolute atomic E-state index is 12.4. The van der Waals surface area contributed by atoms with Gasteiger partial charge in [-0.05, 0) is 68.1 Å². The van der Waals surface area contributed by atoms with Crippen LogP contribution in [0.4, 0.5) is 11.4 Å². The van der Waals surface area contributed by atoms with Crippen LogP contribution in [-0.2, 0) is 9.53 Å². The second-order valence-corrected chi connectivity index (χ2v) is 6.27. The standard InChI is InChI=1S/C20H22N2O3/c1-13-5-3-6-17(14(13)2)19(23)21-15-8-10-16(11-9-15)22-20(24)18-7-4-12-25-18/h3,5-6,8-11,18H,4,7,12H2,1-2H3,(H,21,23)(H,22,24)/t18-/m1/s1. The molecule has 0 aliphatic carbocycles. The molecule has 2 amide bonds. The molecule has 2 aromatic carbocycles. The average Bonchev–Trinajstić information content (AvgIpc) is 3.14. The van der Waals surface area contributed by atoms with Crippen molar-refractivity contribution in [3.05, 3.63) is 59.2 Å². The second-order valence-electron chi connectivity index (χ2n) is 6.27. The molecule has 0 bridgehead atoms. The molecule has 1 aliphatic heterocycles. The van der Waals surface area contributed by atoms with Gasteiger partial charge in [-0.3, -0.25) is 9.59 Å². The molecule has 0 saturated carbocycles. The first-order valence-electron chi connectivity index (χ1n) is 8.44. The van der Waals surface area contributed by atoms with Gasteiger partial charge < -0.3 is 15.4 Å². The quantitative estimate of drug-likeness (QED) is 0.894. The lowest BCUT2D eigenvalue weighted by Crippen LogP contribution is -2.26. The first-order chi connectivity index (χ1) is 12.0. The SMILES string of the molecule is Cc1cccc(C(=O)Nc2ccc(NC(=O)[C@H]3CCCO3)cc2)c1C. The molecule has 0 radical (unpaired) electrons. The van der Waals surface area contributed by atoms with Gasteiger partial charge in [0.1, 0.15) is 6.10 Å². The largest absolute Gasteiger partial charge is 0.368 e. The Balaban J connectivity index is 1.63. The summed E-state index contributed by atoms with van der Waals surface area (Å²) in [5.74, 6) is -0.262. The minimum atomic E-state index is -0.358. The second kappa shape index (κ2) is 7.49. The molecular weight excluding hydrogens is 316 g/mol. The first-order valence-corrected chi connectivity index (χ1v) is 8.44. The van der Waals surface area contributed by atoms with E-state index in [4.69, 9.17) is 4.74 Å². The van der Waals surface area contributed by atoms with Crippen molar-refractivity contribution in [1.82, 2.24) is 0 Å². The van der Waals surface area contributed by atoms with Gasteiger partial charge in [-0.2, -0.15) is 0 Å². The Kier molecular flexibility index (Phi) is 5.14. The minimum Gasteiger partial charge on any atom is -0.368 e. The number of carbonyl (C=O) groups is 2. The Morgan fingerprint density at radius 3 is 2.32 bits per heavy atom. The van der Waals surface area contributed by atoms with E-state index >= 15 is 0 Å². The number of benzene rings is 2. The number of aryl methyl sites for hydroxylation is 1. The van der Waals surface area contributed by atoms with Crippen molar-refractivity contribution in [2.75, 3.05) is 17.2 Å². The molecule has 3 rings (SSSR count). The summed E-state index contributed by atoms with van der Waals surface area (Å²) in [5.41, 5.74) is 4.09. The van der Waals surface area contributed by atoms with Gasteiger partial charge in [0, 0.05) is 23.5 Å². The molecule has 1 aliphatic rings. The van der Waals surface area contributed by atoms with Crippen molar-refractivity contribution < 1.29 is 14.3 Å². The van der Waals surface area contributed by atoms with Crippen LogP contribution in [0.5, 0.6) is 0 Å². The maximum Gasteiger partial charge on any atom is 0.255 e. The number of rotatable bonds is 4. The van der Waals surface area contributed by atoms with Crippen LogP contribution in [0.15, 0.2) is 42.5 Å². The highest BCUT2D eigenvalue weighted by Crippen LogP contribution is 2.19. The Morgan fingerprint density at radius 1 is 1.00 bits per heavy atom. The van der Waals surface area contributed by atoms with Crippen LogP contribution in [0, 0.1) is 13.8 Å². The van der Waals surface area contributed by atoms with E-state index < -0.39 is 0 Å². The van der Waals surface area contributed by atoms with Crippen LogP contribution in [-0.4, -0.2) is 24.5 Å². The summed E-state index contributed by atoms with van der Waals surface area (Å²) >= 11 is 0. The van der Waals surface area contributed by atoms with Crippen LogP contribution in [0.2, 0.25) is 0 Å². The Labute approximate surface area is 147 Å². The summed E-state index contributed by atoms with van der Waals surface area (Å²) in [5, 5.41) is 5.72. The zero-order valence-corrected chi connectivity index (χ0v) is 14.5. The molecule has 1 saturated heterocycles. The zero-order chi connectivity index (χ0) is 17.8. The van der Waals surface area contributed by atoms with Gasteiger partial charge in [-0.25, -0.2) is 0 Å². The average molecular weight is 338 g/mol. The maximum atomic E-state index is 12.4. The van der Waals surface area contributed by atoms with E-state index in [9.17, 15) is 9.59 Å². The summed E-state index contributed by atoms with van der Waals surface area (Å²) in [6.45, 7) is 4.56. The molecule has 130 valence electrons. The lowest BCUT2D eigenvalue weighted by molar-refractivity contribution is -0.124. The Morgan fingerprint density at radius 2 is 1.68 bits per heavy atom. The third-order valence-electron chi connectivity index (χ3n) is 4.48. The van der Waals surface area contributed by atoms with Crippen LogP contribution in [0.3, 0.4) is 0 Å². The molecule has 1 fully saturated rings. The van der Waals surface area contributed by atoms with E-state index in [1.807, 2.05) is 32.0 Å². The van der Waals surface area contributed by atoms with E-state index in [-0.39, 0.29) is 17.9 Å². The van der Waals surface area contributed by atoms with Crippen LogP contribution < -0.4 is 10.6 Å². The van der Waals surface area contributed by atoms with Crippen LogP contribution in [0.25, 0.3) is 0 Å². The third kappa shape index (κ3) is 4.06. The number of hydrogen-bond acceptors (Lipinski definition) is 3. The van der Waals surface area contributed by atoms with E-state index in [0.717, 1.165) is 24.0 Å². The summed E-state index contributed by atoms with van der Waals surface area (Å²) < 4.78 is 5.36. The topological polar surface area (TPSA) is 67.4 Å². The van der Waals surface area contributed by atoms with Gasteiger partial charge in [0.15, 0.2) is 0 Å². The predicted octanol–water partition coefficient (Wildman–Crippen LogP) is 3.67. The number of ether oxygens (including phenoxy) is 1. The van der Waals surface area contributed by atoms with Gasteiger partial charge >= 0.3 is 0 Å². The van der Waals surface area contributed by atoms with Gasteiger partial charge in [0.25, 0.3) is 11.8 Å². The first kappa shape index (κ1) is 17.2. The summed E-state index contributed by atoms with van der Waals surface area (Å²) in [6, 6.07) is 12.8. The number of nitrogens with one attached hydrogen (secondary N) is 2. The molecule has 0 aromatic heterocycles. The molecule has 2 N–H and O–H groups in total. The minimum absolute atomic E-state index is 0.121. The van der Waals surface area contributed by atoms with E-state index in [1.54, 1.807) is 24.3 Å². The van der Waals surface area contributed by atoms with Crippen molar-refractivity contribution in [3.8, 4) is 0 Å². The molecule has 5 nitrogen and oxygen atoms in total. The lowest BCUT2D eigenvalue weighted by atomic mass is 10.0. The molecular formula is C20H22N2O3. The van der Waals surface area contributed by atoms with E-state index in [2.05, 4.69) is 10.6 Å². The highest BCUT2D eigenvalue weighted by molar-refractivity contribution is 6.05. The number of anilines is 2. The molecule has 25 heavy (non-hydrogen) atoms. The fraction of sp³-hybridized carbons (Fsp3) is 0.300. The van der Waals surface area contributed by atoms with Crippen molar-refractivity contribution in [1.29, 1.82) is 0 Å². The number of amides is 2. The number of carbonyl (C=O) groups excluding carboxylic acids is 2. The molecule has 0 unspecified atom stereocenters. The summed E-state index contributed by atoms with van der Waals surface area (Å²) in [7, 11) is 0. The fourth-order valence-corrected chi connectivity index (χ4v) is 2.84. The fourth-order valence-electron chi connectivity index (χ4n) is 2.84. The molecule has 1 heterocycles. The number of hydrogen-bond donors (Lipinski definition) is 2. The van der Waals surface area contributed by atoms with Gasteiger partial charge in [0.05, 0.1) is 0 Å². The highest BCUT2D eigenvalue weighted by atomic mass is 16.5. The van der Waals surface area contributed by atoms with E-state index in [0.29, 0.717) is 23.5 Å². The van der Waals surface area contributed by atoms with Gasteiger partial charge in [-0.15, -0.1) is 0 Å². The van der Waals surface area contributed by atoms with Crippen molar-refractivity contribution in [3.63, 3.8) is 0 Å². The summed E-state index contributed by atoms with van der Waals surface area (Å²) in [6.07, 6.45) is 1.32. The molecule has 0 spiro atoms. The van der Waals surface area contributed by atoms with Crippen molar-refractivity contribution >= 4 is 23.2 Å². The Bertz CT molecular complexity index is 778. The monoisotopic (exact) mass is 338 g/mol. The van der Waals surface area contributed by atoms with Crippen molar-refractivity contribution in [2.24, 2.45) is 0 Å². The molecule has 1 atom stereocenters. The van der Waals surface area contributed by atoms with Crippen molar-refractivity contribution in [2.45, 2.75) is 32.8 Å². The van der Waals surface area contributed by atoms with Crippen LogP contribution in [0.1, 0.15) is 34.3 Å². The van der Waals surface area contributed by atoms with Crippen LogP contribution >= 0.6 is 0 Å².